The molecule has 0 saturated heterocycles. The number of rotatable bonds is 5. The maximum absolute atomic E-state index is 11.1. The second-order valence-electron chi connectivity index (χ2n) is 3.98. The predicted molar refractivity (Wildman–Crippen MR) is 70.6 cm³/mol. The maximum atomic E-state index is 11.1. The van der Waals surface area contributed by atoms with E-state index in [0.29, 0.717) is 29.4 Å². The average Bonchev–Trinajstić information content (AvgIpc) is 2.45. The van der Waals surface area contributed by atoms with Gasteiger partial charge in [-0.05, 0) is 13.0 Å². The Morgan fingerprint density at radius 1 is 1.35 bits per heavy atom. The molecule has 0 radical (unpaired) electrons. The molecule has 1 aliphatic rings. The molecular weight excluding hydrogens is 266 g/mol. The van der Waals surface area contributed by atoms with Gasteiger partial charge in [-0.25, -0.2) is 0 Å². The Hall–Kier alpha value is -2.28. The summed E-state index contributed by atoms with van der Waals surface area (Å²) in [5.74, 6) is 1.36. The van der Waals surface area contributed by atoms with Crippen LogP contribution in [-0.4, -0.2) is 32.0 Å². The van der Waals surface area contributed by atoms with E-state index in [9.17, 15) is 10.1 Å². The maximum Gasteiger partial charge on any atom is 0.315 e. The van der Waals surface area contributed by atoms with Crippen LogP contribution in [-0.2, 0) is 4.74 Å². The van der Waals surface area contributed by atoms with Gasteiger partial charge in [-0.2, -0.15) is 0 Å². The Kier molecular flexibility index (Phi) is 4.09. The van der Waals surface area contributed by atoms with Gasteiger partial charge in [-0.15, -0.1) is 0 Å². The zero-order chi connectivity index (χ0) is 14.7. The van der Waals surface area contributed by atoms with Gasteiger partial charge in [0.2, 0.25) is 0 Å². The van der Waals surface area contributed by atoms with E-state index in [2.05, 4.69) is 0 Å². The normalized spacial score (nSPS) is 16.8. The molecule has 0 bridgehead atoms. The molecule has 2 rings (SSSR count). The monoisotopic (exact) mass is 281 g/mol. The molecule has 0 saturated carbocycles. The van der Waals surface area contributed by atoms with Crippen molar-refractivity contribution in [3.8, 4) is 17.2 Å². The van der Waals surface area contributed by atoms with Crippen LogP contribution in [0, 0.1) is 10.1 Å². The van der Waals surface area contributed by atoms with Crippen LogP contribution in [0.4, 0.5) is 0 Å². The minimum atomic E-state index is -1.05. The van der Waals surface area contributed by atoms with E-state index in [0.717, 1.165) is 0 Å². The molecule has 1 aromatic rings. The molecule has 108 valence electrons. The molecule has 0 N–H and O–H groups in total. The lowest BCUT2D eigenvalue weighted by molar-refractivity contribution is -0.444. The summed E-state index contributed by atoms with van der Waals surface area (Å²) in [7, 11) is 2.99. The SMILES string of the molecule is CCOC1Oc2c(cc(OC)cc2OC)C=C1[N+](=O)[O-]. The third-order valence-electron chi connectivity index (χ3n) is 2.81. The number of nitro groups is 1. The highest BCUT2D eigenvalue weighted by Gasteiger charge is 2.34. The van der Waals surface area contributed by atoms with E-state index >= 15 is 0 Å². The number of nitrogens with zero attached hydrogens (tertiary/aromatic N) is 1. The van der Waals surface area contributed by atoms with Crippen LogP contribution in [0.2, 0.25) is 0 Å². The van der Waals surface area contributed by atoms with Gasteiger partial charge in [0, 0.05) is 24.3 Å². The first-order valence-electron chi connectivity index (χ1n) is 6.01. The molecule has 0 aliphatic carbocycles. The Morgan fingerprint density at radius 2 is 2.10 bits per heavy atom. The van der Waals surface area contributed by atoms with Crippen LogP contribution in [0.25, 0.3) is 6.08 Å². The Labute approximate surface area is 115 Å². The summed E-state index contributed by atoms with van der Waals surface area (Å²) in [6.07, 6.45) is 0.356. The molecule has 1 aromatic carbocycles. The van der Waals surface area contributed by atoms with Crippen LogP contribution < -0.4 is 14.2 Å². The van der Waals surface area contributed by atoms with Gasteiger partial charge in [0.25, 0.3) is 6.29 Å². The molecule has 0 amide bonds. The fourth-order valence-electron chi connectivity index (χ4n) is 1.90. The zero-order valence-electron chi connectivity index (χ0n) is 11.4. The number of ether oxygens (including phenoxy) is 4. The van der Waals surface area contributed by atoms with Crippen LogP contribution in [0.1, 0.15) is 12.5 Å². The van der Waals surface area contributed by atoms with Gasteiger partial charge >= 0.3 is 5.70 Å². The van der Waals surface area contributed by atoms with E-state index in [4.69, 9.17) is 18.9 Å². The van der Waals surface area contributed by atoms with Crippen LogP contribution in [0.15, 0.2) is 17.8 Å². The molecule has 0 fully saturated rings. The van der Waals surface area contributed by atoms with Gasteiger partial charge in [0.15, 0.2) is 11.5 Å². The zero-order valence-corrected chi connectivity index (χ0v) is 11.4. The first-order chi connectivity index (χ1) is 9.60. The lowest BCUT2D eigenvalue weighted by Crippen LogP contribution is -2.30. The average molecular weight is 281 g/mol. The van der Waals surface area contributed by atoms with E-state index in [1.165, 1.54) is 20.3 Å². The smallest absolute Gasteiger partial charge is 0.315 e. The van der Waals surface area contributed by atoms with Crippen LogP contribution in [0.3, 0.4) is 0 Å². The summed E-state index contributed by atoms with van der Waals surface area (Å²) in [5, 5.41) is 11.1. The van der Waals surface area contributed by atoms with Crippen molar-refractivity contribution < 1.29 is 23.9 Å². The number of hydrogen-bond acceptors (Lipinski definition) is 6. The fraction of sp³-hybridized carbons (Fsp3) is 0.385. The summed E-state index contributed by atoms with van der Waals surface area (Å²) in [6.45, 7) is 2.03. The number of methoxy groups -OCH3 is 2. The van der Waals surface area contributed by atoms with Crippen molar-refractivity contribution in [2.75, 3.05) is 20.8 Å². The van der Waals surface area contributed by atoms with E-state index in [1.807, 2.05) is 0 Å². The standard InChI is InChI=1S/C13H15NO6/c1-4-19-13-10(14(15)16)6-8-5-9(17-2)7-11(18-3)12(8)20-13/h5-7,13H,4H2,1-3H3. The summed E-state index contributed by atoms with van der Waals surface area (Å²) in [5.41, 5.74) is 0.360. The molecule has 0 spiro atoms. The highest BCUT2D eigenvalue weighted by Crippen LogP contribution is 2.41. The summed E-state index contributed by atoms with van der Waals surface area (Å²) in [4.78, 5) is 10.6. The van der Waals surface area contributed by atoms with Gasteiger partial charge in [0.05, 0.1) is 19.1 Å². The molecule has 7 nitrogen and oxygen atoms in total. The van der Waals surface area contributed by atoms with E-state index in [-0.39, 0.29) is 5.70 Å². The predicted octanol–water partition coefficient (Wildman–Crippen LogP) is 2.08. The number of benzene rings is 1. The van der Waals surface area contributed by atoms with Gasteiger partial charge in [-0.1, -0.05) is 0 Å². The first-order valence-corrected chi connectivity index (χ1v) is 6.01. The summed E-state index contributed by atoms with van der Waals surface area (Å²) < 4.78 is 21.2. The van der Waals surface area contributed by atoms with Gasteiger partial charge in [0.1, 0.15) is 5.75 Å². The lowest BCUT2D eigenvalue weighted by Gasteiger charge is -2.23. The van der Waals surface area contributed by atoms with Crippen molar-refractivity contribution in [1.82, 2.24) is 0 Å². The molecule has 1 atom stereocenters. The first kappa shape index (κ1) is 14.1. The largest absolute Gasteiger partial charge is 0.497 e. The molecule has 20 heavy (non-hydrogen) atoms. The lowest BCUT2D eigenvalue weighted by atomic mass is 10.1. The Balaban J connectivity index is 2.53. The second kappa shape index (κ2) is 5.79. The molecule has 1 unspecified atom stereocenters. The fourth-order valence-corrected chi connectivity index (χ4v) is 1.90. The molecule has 1 heterocycles. The summed E-state index contributed by atoms with van der Waals surface area (Å²) in [6, 6.07) is 3.29. The number of fused-ring (bicyclic) bond motifs is 1. The van der Waals surface area contributed by atoms with Crippen molar-refractivity contribution in [1.29, 1.82) is 0 Å². The quantitative estimate of drug-likeness (QED) is 0.607. The van der Waals surface area contributed by atoms with Crippen LogP contribution in [0.5, 0.6) is 17.2 Å². The highest BCUT2D eigenvalue weighted by molar-refractivity contribution is 5.68. The van der Waals surface area contributed by atoms with Gasteiger partial charge in [-0.3, -0.25) is 10.1 Å². The highest BCUT2D eigenvalue weighted by atomic mass is 16.7. The Morgan fingerprint density at radius 3 is 2.65 bits per heavy atom. The van der Waals surface area contributed by atoms with Crippen molar-refractivity contribution in [3.63, 3.8) is 0 Å². The molecule has 7 heteroatoms. The minimum absolute atomic E-state index is 0.158. The van der Waals surface area contributed by atoms with Crippen molar-refractivity contribution in [2.45, 2.75) is 13.2 Å². The van der Waals surface area contributed by atoms with Crippen molar-refractivity contribution in [3.05, 3.63) is 33.5 Å². The Bertz CT molecular complexity index is 554. The van der Waals surface area contributed by atoms with E-state index < -0.39 is 11.2 Å². The molecule has 0 aromatic heterocycles. The second-order valence-corrected chi connectivity index (χ2v) is 3.98. The number of hydrogen-bond donors (Lipinski definition) is 0. The topological polar surface area (TPSA) is 80.1 Å². The third-order valence-corrected chi connectivity index (χ3v) is 2.81. The van der Waals surface area contributed by atoms with Gasteiger partial charge < -0.3 is 18.9 Å². The molecular formula is C13H15NO6. The summed E-state index contributed by atoms with van der Waals surface area (Å²) >= 11 is 0. The van der Waals surface area contributed by atoms with Crippen molar-refractivity contribution in [2.24, 2.45) is 0 Å². The third kappa shape index (κ3) is 2.53. The molecule has 1 aliphatic heterocycles. The van der Waals surface area contributed by atoms with Crippen LogP contribution >= 0.6 is 0 Å². The minimum Gasteiger partial charge on any atom is -0.497 e. The van der Waals surface area contributed by atoms with E-state index in [1.54, 1.807) is 19.1 Å². The van der Waals surface area contributed by atoms with Crippen molar-refractivity contribution >= 4 is 6.08 Å².